The minimum absolute atomic E-state index is 0.138. The van der Waals surface area contributed by atoms with Gasteiger partial charge in [0, 0.05) is 11.1 Å². The highest BCUT2D eigenvalue weighted by Crippen LogP contribution is 2.31. The van der Waals surface area contributed by atoms with Crippen molar-refractivity contribution in [3.8, 4) is 34.0 Å². The number of nitrogens with two attached hydrogens (primary N) is 2. The number of fused-ring (bicyclic) bond motifs is 2. The van der Waals surface area contributed by atoms with Crippen LogP contribution < -0.4 is 20.9 Å². The highest BCUT2D eigenvalue weighted by atomic mass is 16.5. The Hall–Kier alpha value is -6.18. The lowest BCUT2D eigenvalue weighted by Crippen LogP contribution is -2.00. The van der Waals surface area contributed by atoms with Gasteiger partial charge in [0.05, 0.1) is 71.3 Å². The second-order valence-corrected chi connectivity index (χ2v) is 8.90. The molecule has 14 nitrogen and oxygen atoms in total. The Labute approximate surface area is 236 Å². The van der Waals surface area contributed by atoms with Crippen LogP contribution in [0.25, 0.3) is 44.6 Å². The molecule has 6 aromatic rings. The number of hydrogen-bond acceptors (Lipinski definition) is 10. The number of H-pyrrole nitrogens is 2. The standard InChI is InChI=1S/2C14H12N4O3/c2*1-21-12-4-7(2-3-10(12)15)11-5-8(14(19)20)9-6-16-18-13(9)17-11/h2*2-6H,15H2,1H3,(H,19,20)(H,16,17,18). The summed E-state index contributed by atoms with van der Waals surface area (Å²) in [7, 11) is 3.04. The van der Waals surface area contributed by atoms with Crippen molar-refractivity contribution in [1.82, 2.24) is 30.4 Å². The molecule has 0 saturated carbocycles. The van der Waals surface area contributed by atoms with E-state index in [1.807, 2.05) is 0 Å². The van der Waals surface area contributed by atoms with Crippen LogP contribution in [0.5, 0.6) is 11.5 Å². The molecule has 4 heterocycles. The summed E-state index contributed by atoms with van der Waals surface area (Å²) in [4.78, 5) is 31.5. The largest absolute Gasteiger partial charge is 0.495 e. The van der Waals surface area contributed by atoms with Gasteiger partial charge in [0.25, 0.3) is 0 Å². The van der Waals surface area contributed by atoms with Crippen molar-refractivity contribution < 1.29 is 29.3 Å². The Balaban J connectivity index is 0.000000168. The SMILES string of the molecule is COc1cc(-c2cc(C(=O)O)c3cn[nH]c3n2)ccc1N.COc1cc(-c2cc(C(=O)O)c3cn[nH]c3n2)ccc1N. The molecule has 6 rings (SSSR count). The maximum atomic E-state index is 11.4. The van der Waals surface area contributed by atoms with Crippen molar-refractivity contribution in [2.24, 2.45) is 0 Å². The highest BCUT2D eigenvalue weighted by Gasteiger charge is 2.16. The number of aromatic nitrogens is 6. The predicted octanol–water partition coefficient (Wildman–Crippen LogP) is 3.83. The van der Waals surface area contributed by atoms with E-state index in [4.69, 9.17) is 20.9 Å². The lowest BCUT2D eigenvalue weighted by Gasteiger charge is -2.08. The number of anilines is 2. The molecule has 0 bridgehead atoms. The van der Waals surface area contributed by atoms with Crippen LogP contribution in [0.4, 0.5) is 11.4 Å². The fraction of sp³-hybridized carbons (Fsp3) is 0.0714. The predicted molar refractivity (Wildman–Crippen MR) is 154 cm³/mol. The van der Waals surface area contributed by atoms with E-state index in [9.17, 15) is 19.8 Å². The number of nitrogens with zero attached hydrogens (tertiary/aromatic N) is 4. The number of rotatable bonds is 6. The normalized spacial score (nSPS) is 10.7. The average Bonchev–Trinajstić information content (AvgIpc) is 3.66. The third-order valence-corrected chi connectivity index (χ3v) is 6.36. The number of hydrogen-bond donors (Lipinski definition) is 6. The Morgan fingerprint density at radius 3 is 1.45 bits per heavy atom. The molecule has 0 aliphatic heterocycles. The quantitative estimate of drug-likeness (QED) is 0.157. The maximum Gasteiger partial charge on any atom is 0.336 e. The Bertz CT molecular complexity index is 1820. The van der Waals surface area contributed by atoms with Crippen LogP contribution >= 0.6 is 0 Å². The van der Waals surface area contributed by atoms with E-state index >= 15 is 0 Å². The molecular weight excluding hydrogens is 544 g/mol. The molecule has 0 saturated heterocycles. The van der Waals surface area contributed by atoms with Crippen LogP contribution in [0.15, 0.2) is 60.9 Å². The first-order chi connectivity index (χ1) is 20.2. The fourth-order valence-corrected chi connectivity index (χ4v) is 4.25. The molecular formula is C28H24N8O6. The van der Waals surface area contributed by atoms with E-state index in [0.29, 0.717) is 67.5 Å². The summed E-state index contributed by atoms with van der Waals surface area (Å²) in [6.45, 7) is 0. The zero-order valence-corrected chi connectivity index (χ0v) is 22.2. The second-order valence-electron chi connectivity index (χ2n) is 8.90. The molecule has 8 N–H and O–H groups in total. The molecule has 0 radical (unpaired) electrons. The smallest absolute Gasteiger partial charge is 0.336 e. The Morgan fingerprint density at radius 1 is 0.690 bits per heavy atom. The summed E-state index contributed by atoms with van der Waals surface area (Å²) < 4.78 is 10.3. The molecule has 0 amide bonds. The summed E-state index contributed by atoms with van der Waals surface area (Å²) >= 11 is 0. The zero-order valence-electron chi connectivity index (χ0n) is 22.2. The van der Waals surface area contributed by atoms with Gasteiger partial charge < -0.3 is 31.2 Å². The molecule has 0 fully saturated rings. The number of aromatic carboxylic acids is 2. The molecule has 14 heteroatoms. The Morgan fingerprint density at radius 2 is 1.10 bits per heavy atom. The number of nitrogen functional groups attached to an aromatic ring is 2. The first-order valence-corrected chi connectivity index (χ1v) is 12.2. The van der Waals surface area contributed by atoms with Crippen LogP contribution in [-0.2, 0) is 0 Å². The fourth-order valence-electron chi connectivity index (χ4n) is 4.25. The summed E-state index contributed by atoms with van der Waals surface area (Å²) in [5.41, 5.74) is 16.1. The van der Waals surface area contributed by atoms with Crippen molar-refractivity contribution in [3.05, 3.63) is 72.1 Å². The van der Waals surface area contributed by atoms with Crippen LogP contribution in [0.1, 0.15) is 20.7 Å². The molecule has 212 valence electrons. The molecule has 0 aliphatic carbocycles. The summed E-state index contributed by atoms with van der Waals surface area (Å²) in [6.07, 6.45) is 2.89. The second kappa shape index (κ2) is 11.1. The molecule has 2 aromatic carbocycles. The number of ether oxygens (including phenoxy) is 2. The van der Waals surface area contributed by atoms with Gasteiger partial charge in [0.2, 0.25) is 0 Å². The van der Waals surface area contributed by atoms with Gasteiger partial charge in [0.15, 0.2) is 11.3 Å². The number of nitrogens with one attached hydrogen (secondary N) is 2. The van der Waals surface area contributed by atoms with Gasteiger partial charge in [-0.1, -0.05) is 12.1 Å². The van der Waals surface area contributed by atoms with Gasteiger partial charge in [-0.25, -0.2) is 19.6 Å². The number of carboxylic acid groups (broad SMARTS) is 2. The van der Waals surface area contributed by atoms with Crippen molar-refractivity contribution in [2.45, 2.75) is 0 Å². The first kappa shape index (κ1) is 27.4. The molecule has 0 spiro atoms. The lowest BCUT2D eigenvalue weighted by molar-refractivity contribution is 0.0688. The number of pyridine rings is 2. The third kappa shape index (κ3) is 5.19. The molecule has 0 aliphatic rings. The topological polar surface area (TPSA) is 228 Å². The van der Waals surface area contributed by atoms with E-state index in [-0.39, 0.29) is 11.1 Å². The summed E-state index contributed by atoms with van der Waals surface area (Å²) in [5, 5.41) is 32.6. The first-order valence-electron chi connectivity index (χ1n) is 12.2. The minimum Gasteiger partial charge on any atom is -0.495 e. The van der Waals surface area contributed by atoms with Gasteiger partial charge >= 0.3 is 11.9 Å². The molecule has 0 unspecified atom stereocenters. The van der Waals surface area contributed by atoms with Gasteiger partial charge in [-0.3, -0.25) is 10.2 Å². The van der Waals surface area contributed by atoms with Crippen molar-refractivity contribution in [1.29, 1.82) is 0 Å². The van der Waals surface area contributed by atoms with Crippen LogP contribution in [0, 0.1) is 0 Å². The monoisotopic (exact) mass is 568 g/mol. The molecule has 4 aromatic heterocycles. The lowest BCUT2D eigenvalue weighted by atomic mass is 10.1. The maximum absolute atomic E-state index is 11.4. The van der Waals surface area contributed by atoms with Crippen molar-refractivity contribution in [2.75, 3.05) is 25.7 Å². The van der Waals surface area contributed by atoms with E-state index < -0.39 is 11.9 Å². The van der Waals surface area contributed by atoms with Crippen LogP contribution in [0.2, 0.25) is 0 Å². The third-order valence-electron chi connectivity index (χ3n) is 6.36. The van der Waals surface area contributed by atoms with E-state index in [1.165, 1.54) is 38.7 Å². The number of benzene rings is 2. The van der Waals surface area contributed by atoms with E-state index in [0.717, 1.165) is 0 Å². The zero-order chi connectivity index (χ0) is 30.0. The van der Waals surface area contributed by atoms with Crippen molar-refractivity contribution >= 4 is 45.4 Å². The number of carboxylic acids is 2. The average molecular weight is 569 g/mol. The van der Waals surface area contributed by atoms with Crippen LogP contribution in [0.3, 0.4) is 0 Å². The molecule has 42 heavy (non-hydrogen) atoms. The van der Waals surface area contributed by atoms with Gasteiger partial charge in [-0.15, -0.1) is 0 Å². The number of methoxy groups -OCH3 is 2. The van der Waals surface area contributed by atoms with Crippen molar-refractivity contribution in [3.63, 3.8) is 0 Å². The number of aromatic amines is 2. The summed E-state index contributed by atoms with van der Waals surface area (Å²) in [6, 6.07) is 13.3. The van der Waals surface area contributed by atoms with Crippen LogP contribution in [-0.4, -0.2) is 66.7 Å². The van der Waals surface area contributed by atoms with Gasteiger partial charge in [-0.05, 0) is 36.4 Å². The number of carbonyl (C=O) groups is 2. The Kier molecular flexibility index (Phi) is 7.26. The molecule has 0 atom stereocenters. The highest BCUT2D eigenvalue weighted by molar-refractivity contribution is 6.03. The minimum atomic E-state index is -1.03. The summed E-state index contributed by atoms with van der Waals surface area (Å²) in [5.74, 6) is -1.05. The van der Waals surface area contributed by atoms with Gasteiger partial charge in [0.1, 0.15) is 11.5 Å². The van der Waals surface area contributed by atoms with Gasteiger partial charge in [-0.2, -0.15) is 10.2 Å². The van der Waals surface area contributed by atoms with E-state index in [2.05, 4.69) is 30.4 Å². The van der Waals surface area contributed by atoms with E-state index in [1.54, 1.807) is 36.4 Å².